The van der Waals surface area contributed by atoms with Crippen molar-refractivity contribution < 1.29 is 14.3 Å². The van der Waals surface area contributed by atoms with Gasteiger partial charge in [-0.3, -0.25) is 4.79 Å². The zero-order valence-corrected chi connectivity index (χ0v) is 9.72. The van der Waals surface area contributed by atoms with Gasteiger partial charge in [0.2, 0.25) is 0 Å². The first-order chi connectivity index (χ1) is 8.16. The third-order valence-corrected chi connectivity index (χ3v) is 2.71. The van der Waals surface area contributed by atoms with Gasteiger partial charge in [0, 0.05) is 24.0 Å². The van der Waals surface area contributed by atoms with E-state index in [1.807, 2.05) is 36.2 Å². The molecule has 0 fully saturated rings. The van der Waals surface area contributed by atoms with Crippen LogP contribution in [0.25, 0.3) is 11.0 Å². The highest BCUT2D eigenvalue weighted by atomic mass is 16.4. The smallest absolute Gasteiger partial charge is 0.304 e. The van der Waals surface area contributed by atoms with E-state index < -0.39 is 5.97 Å². The summed E-state index contributed by atoms with van der Waals surface area (Å²) in [6, 6.07) is 7.84. The van der Waals surface area contributed by atoms with Crippen LogP contribution in [0.15, 0.2) is 34.9 Å². The molecular formula is C13H15NO3. The molecule has 0 aliphatic carbocycles. The quantitative estimate of drug-likeness (QED) is 0.861. The Morgan fingerprint density at radius 2 is 2.18 bits per heavy atom. The van der Waals surface area contributed by atoms with Crippen molar-refractivity contribution >= 4 is 16.9 Å². The van der Waals surface area contributed by atoms with Crippen molar-refractivity contribution in [2.45, 2.75) is 13.0 Å². The zero-order valence-electron chi connectivity index (χ0n) is 9.72. The Bertz CT molecular complexity index is 518. The molecule has 0 bridgehead atoms. The number of furan rings is 1. The molecule has 4 nitrogen and oxygen atoms in total. The maximum absolute atomic E-state index is 10.5. The predicted molar refractivity (Wildman–Crippen MR) is 64.8 cm³/mol. The molecule has 1 N–H and O–H groups in total. The second-order valence-corrected chi connectivity index (χ2v) is 4.14. The molecule has 0 aliphatic heterocycles. The Morgan fingerprint density at radius 3 is 2.94 bits per heavy atom. The predicted octanol–water partition coefficient (Wildman–Crippen LogP) is 2.34. The highest BCUT2D eigenvalue weighted by Crippen LogP contribution is 2.21. The number of para-hydroxylation sites is 1. The monoisotopic (exact) mass is 233 g/mol. The van der Waals surface area contributed by atoms with Crippen LogP contribution in [0.3, 0.4) is 0 Å². The molecule has 0 saturated carbocycles. The summed E-state index contributed by atoms with van der Waals surface area (Å²) in [4.78, 5) is 12.5. The van der Waals surface area contributed by atoms with Crippen LogP contribution in [-0.4, -0.2) is 29.6 Å². The average Bonchev–Trinajstić information content (AvgIpc) is 2.70. The molecule has 2 rings (SSSR count). The summed E-state index contributed by atoms with van der Waals surface area (Å²) < 4.78 is 5.43. The first-order valence-electron chi connectivity index (χ1n) is 5.52. The van der Waals surface area contributed by atoms with Crippen LogP contribution >= 0.6 is 0 Å². The number of rotatable bonds is 5. The van der Waals surface area contributed by atoms with Crippen LogP contribution in [-0.2, 0) is 11.3 Å². The van der Waals surface area contributed by atoms with Gasteiger partial charge >= 0.3 is 5.97 Å². The standard InChI is InChI=1S/C13H15NO3/c1-14(7-6-13(15)16)8-10-9-17-12-5-3-2-4-11(10)12/h2-5,9H,6-8H2,1H3,(H,15,16). The summed E-state index contributed by atoms with van der Waals surface area (Å²) in [6.07, 6.45) is 1.90. The van der Waals surface area contributed by atoms with E-state index in [4.69, 9.17) is 9.52 Å². The number of nitrogens with zero attached hydrogens (tertiary/aromatic N) is 1. The molecule has 17 heavy (non-hydrogen) atoms. The largest absolute Gasteiger partial charge is 0.481 e. The molecule has 0 saturated heterocycles. The molecule has 0 radical (unpaired) electrons. The van der Waals surface area contributed by atoms with Crippen molar-refractivity contribution in [3.8, 4) is 0 Å². The van der Waals surface area contributed by atoms with E-state index in [-0.39, 0.29) is 6.42 Å². The fraction of sp³-hybridized carbons (Fsp3) is 0.308. The summed E-state index contributed by atoms with van der Waals surface area (Å²) in [5, 5.41) is 9.71. The lowest BCUT2D eigenvalue weighted by Crippen LogP contribution is -2.21. The van der Waals surface area contributed by atoms with Gasteiger partial charge in [0.25, 0.3) is 0 Å². The molecule has 0 atom stereocenters. The van der Waals surface area contributed by atoms with E-state index in [1.54, 1.807) is 6.26 Å². The fourth-order valence-electron chi connectivity index (χ4n) is 1.81. The van der Waals surface area contributed by atoms with Gasteiger partial charge in [0.1, 0.15) is 5.58 Å². The fourth-order valence-corrected chi connectivity index (χ4v) is 1.81. The Hall–Kier alpha value is -1.81. The van der Waals surface area contributed by atoms with Gasteiger partial charge in [0.05, 0.1) is 12.7 Å². The maximum Gasteiger partial charge on any atom is 0.304 e. The molecule has 1 aromatic heterocycles. The first kappa shape index (κ1) is 11.7. The van der Waals surface area contributed by atoms with Crippen LogP contribution in [0.1, 0.15) is 12.0 Å². The van der Waals surface area contributed by atoms with E-state index in [9.17, 15) is 4.79 Å². The third kappa shape index (κ3) is 2.85. The van der Waals surface area contributed by atoms with Crippen molar-refractivity contribution in [3.63, 3.8) is 0 Å². The molecule has 0 unspecified atom stereocenters. The molecule has 0 amide bonds. The summed E-state index contributed by atoms with van der Waals surface area (Å²) in [6.45, 7) is 1.24. The van der Waals surface area contributed by atoms with E-state index in [0.717, 1.165) is 16.5 Å². The van der Waals surface area contributed by atoms with E-state index in [2.05, 4.69) is 0 Å². The summed E-state index contributed by atoms with van der Waals surface area (Å²) >= 11 is 0. The van der Waals surface area contributed by atoms with E-state index in [0.29, 0.717) is 13.1 Å². The van der Waals surface area contributed by atoms with Crippen LogP contribution in [0.2, 0.25) is 0 Å². The van der Waals surface area contributed by atoms with Crippen molar-refractivity contribution in [3.05, 3.63) is 36.1 Å². The van der Waals surface area contributed by atoms with Crippen LogP contribution in [0.4, 0.5) is 0 Å². The molecule has 1 heterocycles. The van der Waals surface area contributed by atoms with Crippen LogP contribution in [0.5, 0.6) is 0 Å². The lowest BCUT2D eigenvalue weighted by Gasteiger charge is -2.14. The molecule has 4 heteroatoms. The summed E-state index contributed by atoms with van der Waals surface area (Å²) in [5.74, 6) is -0.770. The second-order valence-electron chi connectivity index (χ2n) is 4.14. The minimum Gasteiger partial charge on any atom is -0.481 e. The van der Waals surface area contributed by atoms with Gasteiger partial charge in [-0.05, 0) is 13.1 Å². The van der Waals surface area contributed by atoms with E-state index >= 15 is 0 Å². The van der Waals surface area contributed by atoms with Gasteiger partial charge in [-0.2, -0.15) is 0 Å². The first-order valence-corrected chi connectivity index (χ1v) is 5.52. The molecule has 0 spiro atoms. The number of carboxylic acid groups (broad SMARTS) is 1. The molecule has 2 aromatic rings. The van der Waals surface area contributed by atoms with Crippen molar-refractivity contribution in [1.82, 2.24) is 4.90 Å². The number of benzene rings is 1. The summed E-state index contributed by atoms with van der Waals surface area (Å²) in [7, 11) is 1.91. The van der Waals surface area contributed by atoms with Gasteiger partial charge in [-0.1, -0.05) is 18.2 Å². The third-order valence-electron chi connectivity index (χ3n) is 2.71. The Kier molecular flexibility index (Phi) is 3.44. The Morgan fingerprint density at radius 1 is 1.41 bits per heavy atom. The molecule has 0 aliphatic rings. The second kappa shape index (κ2) is 5.01. The number of hydrogen-bond donors (Lipinski definition) is 1. The lowest BCUT2D eigenvalue weighted by atomic mass is 10.1. The average molecular weight is 233 g/mol. The van der Waals surface area contributed by atoms with Gasteiger partial charge in [-0.15, -0.1) is 0 Å². The SMILES string of the molecule is CN(CCC(=O)O)Cc1coc2ccccc12. The zero-order chi connectivity index (χ0) is 12.3. The van der Waals surface area contributed by atoms with Crippen molar-refractivity contribution in [2.24, 2.45) is 0 Å². The number of carboxylic acids is 1. The van der Waals surface area contributed by atoms with Crippen molar-refractivity contribution in [2.75, 3.05) is 13.6 Å². The Labute approximate surface area is 99.4 Å². The number of fused-ring (bicyclic) bond motifs is 1. The van der Waals surface area contributed by atoms with Crippen LogP contribution in [0, 0.1) is 0 Å². The molecule has 1 aromatic carbocycles. The minimum atomic E-state index is -0.770. The topological polar surface area (TPSA) is 53.7 Å². The van der Waals surface area contributed by atoms with Crippen LogP contribution < -0.4 is 0 Å². The highest BCUT2D eigenvalue weighted by molar-refractivity contribution is 5.80. The lowest BCUT2D eigenvalue weighted by molar-refractivity contribution is -0.137. The highest BCUT2D eigenvalue weighted by Gasteiger charge is 2.08. The maximum atomic E-state index is 10.5. The summed E-state index contributed by atoms with van der Waals surface area (Å²) in [5.41, 5.74) is 1.96. The van der Waals surface area contributed by atoms with Gasteiger partial charge in [0.15, 0.2) is 0 Å². The normalized spacial score (nSPS) is 11.2. The number of aliphatic carboxylic acids is 1. The van der Waals surface area contributed by atoms with E-state index in [1.165, 1.54) is 0 Å². The van der Waals surface area contributed by atoms with Crippen molar-refractivity contribution in [1.29, 1.82) is 0 Å². The molecule has 90 valence electrons. The van der Waals surface area contributed by atoms with Gasteiger partial charge in [-0.25, -0.2) is 0 Å². The number of carbonyl (C=O) groups is 1. The number of hydrogen-bond acceptors (Lipinski definition) is 3. The minimum absolute atomic E-state index is 0.159. The van der Waals surface area contributed by atoms with Gasteiger partial charge < -0.3 is 14.4 Å². The Balaban J connectivity index is 2.05. The molecular weight excluding hydrogens is 218 g/mol.